The fourth-order valence-electron chi connectivity index (χ4n) is 1.72. The summed E-state index contributed by atoms with van der Waals surface area (Å²) in [5.74, 6) is 0. The summed E-state index contributed by atoms with van der Waals surface area (Å²) >= 11 is 1.68. The van der Waals surface area contributed by atoms with Crippen LogP contribution in [0.3, 0.4) is 0 Å². The highest BCUT2D eigenvalue weighted by Crippen LogP contribution is 2.27. The molecule has 0 spiro atoms. The molecule has 0 atom stereocenters. The van der Waals surface area contributed by atoms with Crippen molar-refractivity contribution in [3.05, 3.63) is 41.7 Å². The molecule has 1 aromatic heterocycles. The minimum absolute atomic E-state index is 0.701. The van der Waals surface area contributed by atoms with Gasteiger partial charge in [-0.1, -0.05) is 17.8 Å². The topological polar surface area (TPSA) is 43.8 Å². The maximum absolute atomic E-state index is 5.58. The van der Waals surface area contributed by atoms with Gasteiger partial charge in [0, 0.05) is 24.3 Å². The number of benzene rings is 1. The van der Waals surface area contributed by atoms with Crippen molar-refractivity contribution in [2.45, 2.75) is 23.4 Å². The number of hydrogen-bond donors (Lipinski definition) is 1. The summed E-state index contributed by atoms with van der Waals surface area (Å²) in [5, 5.41) is 1.01. The molecule has 2 aromatic rings. The Kier molecular flexibility index (Phi) is 3.86. The van der Waals surface area contributed by atoms with Gasteiger partial charge in [-0.15, -0.1) is 0 Å². The SMILES string of the molecule is Cc1cc(Sc2nccn2C)ccc1CCN. The second kappa shape index (κ2) is 5.38. The van der Waals surface area contributed by atoms with Crippen LogP contribution in [0.1, 0.15) is 11.1 Å². The molecule has 1 heterocycles. The van der Waals surface area contributed by atoms with Crippen LogP contribution < -0.4 is 5.73 Å². The summed E-state index contributed by atoms with van der Waals surface area (Å²) in [4.78, 5) is 5.53. The Balaban J connectivity index is 2.18. The van der Waals surface area contributed by atoms with Crippen molar-refractivity contribution in [1.29, 1.82) is 0 Å². The van der Waals surface area contributed by atoms with Crippen molar-refractivity contribution in [3.63, 3.8) is 0 Å². The summed E-state index contributed by atoms with van der Waals surface area (Å²) in [6.45, 7) is 2.83. The van der Waals surface area contributed by atoms with Crippen LogP contribution in [-0.2, 0) is 13.5 Å². The van der Waals surface area contributed by atoms with Crippen molar-refractivity contribution in [2.75, 3.05) is 6.54 Å². The number of nitrogens with zero attached hydrogens (tertiary/aromatic N) is 2. The van der Waals surface area contributed by atoms with E-state index in [1.807, 2.05) is 24.0 Å². The molecule has 0 bridgehead atoms. The second-order valence-electron chi connectivity index (χ2n) is 4.05. The Morgan fingerprint density at radius 3 is 2.82 bits per heavy atom. The summed E-state index contributed by atoms with van der Waals surface area (Å²) in [6, 6.07) is 6.50. The molecule has 0 saturated carbocycles. The van der Waals surface area contributed by atoms with Gasteiger partial charge in [0.05, 0.1) is 0 Å². The monoisotopic (exact) mass is 247 g/mol. The van der Waals surface area contributed by atoms with Crippen LogP contribution in [0.4, 0.5) is 0 Å². The molecule has 2 N–H and O–H groups in total. The number of imidazole rings is 1. The third-order valence-corrected chi connectivity index (χ3v) is 3.78. The first-order chi connectivity index (χ1) is 8.20. The molecule has 0 fully saturated rings. The Morgan fingerprint density at radius 1 is 1.41 bits per heavy atom. The lowest BCUT2D eigenvalue weighted by atomic mass is 10.1. The van der Waals surface area contributed by atoms with Crippen LogP contribution in [0.15, 0.2) is 40.6 Å². The van der Waals surface area contributed by atoms with Gasteiger partial charge in [0.15, 0.2) is 5.16 Å². The molecule has 3 nitrogen and oxygen atoms in total. The molecule has 0 radical (unpaired) electrons. The molecule has 0 aliphatic heterocycles. The Morgan fingerprint density at radius 2 is 2.24 bits per heavy atom. The van der Waals surface area contributed by atoms with E-state index in [4.69, 9.17) is 5.73 Å². The molecular formula is C13H17N3S. The number of aryl methyl sites for hydroxylation is 2. The van der Waals surface area contributed by atoms with E-state index < -0.39 is 0 Å². The van der Waals surface area contributed by atoms with Gasteiger partial charge in [-0.2, -0.15) is 0 Å². The molecular weight excluding hydrogens is 230 g/mol. The van der Waals surface area contributed by atoms with Gasteiger partial charge in [0.1, 0.15) is 0 Å². The summed E-state index contributed by atoms with van der Waals surface area (Å²) in [7, 11) is 2.00. The van der Waals surface area contributed by atoms with Gasteiger partial charge in [0.2, 0.25) is 0 Å². The van der Waals surface area contributed by atoms with E-state index >= 15 is 0 Å². The van der Waals surface area contributed by atoms with Crippen LogP contribution in [-0.4, -0.2) is 16.1 Å². The number of aromatic nitrogens is 2. The summed E-state index contributed by atoms with van der Waals surface area (Å²) in [6.07, 6.45) is 4.72. The zero-order chi connectivity index (χ0) is 12.3. The number of nitrogens with two attached hydrogens (primary N) is 1. The van der Waals surface area contributed by atoms with Crippen LogP contribution in [0.5, 0.6) is 0 Å². The van der Waals surface area contributed by atoms with E-state index in [1.54, 1.807) is 11.8 Å². The molecule has 90 valence electrons. The lowest BCUT2D eigenvalue weighted by Crippen LogP contribution is -2.04. The number of hydrogen-bond acceptors (Lipinski definition) is 3. The van der Waals surface area contributed by atoms with Crippen LogP contribution >= 0.6 is 11.8 Å². The second-order valence-corrected chi connectivity index (χ2v) is 5.09. The van der Waals surface area contributed by atoms with E-state index in [0.717, 1.165) is 11.6 Å². The number of rotatable bonds is 4. The van der Waals surface area contributed by atoms with E-state index in [9.17, 15) is 0 Å². The zero-order valence-electron chi connectivity index (χ0n) is 10.2. The van der Waals surface area contributed by atoms with E-state index in [1.165, 1.54) is 16.0 Å². The van der Waals surface area contributed by atoms with Crippen molar-refractivity contribution in [3.8, 4) is 0 Å². The van der Waals surface area contributed by atoms with Crippen molar-refractivity contribution >= 4 is 11.8 Å². The quantitative estimate of drug-likeness (QED) is 0.902. The normalized spacial score (nSPS) is 10.8. The van der Waals surface area contributed by atoms with Gasteiger partial charge in [-0.25, -0.2) is 4.98 Å². The van der Waals surface area contributed by atoms with Gasteiger partial charge in [0.25, 0.3) is 0 Å². The van der Waals surface area contributed by atoms with Gasteiger partial charge in [-0.05, 0) is 43.1 Å². The van der Waals surface area contributed by atoms with Gasteiger partial charge < -0.3 is 10.3 Å². The largest absolute Gasteiger partial charge is 0.330 e. The van der Waals surface area contributed by atoms with Gasteiger partial charge in [-0.3, -0.25) is 0 Å². The molecule has 2 rings (SSSR count). The zero-order valence-corrected chi connectivity index (χ0v) is 11.0. The Bertz CT molecular complexity index is 505. The third kappa shape index (κ3) is 2.90. The minimum atomic E-state index is 0.701. The molecule has 0 amide bonds. The highest BCUT2D eigenvalue weighted by Gasteiger charge is 2.04. The molecule has 0 aliphatic carbocycles. The molecule has 1 aromatic carbocycles. The maximum atomic E-state index is 5.58. The first-order valence-corrected chi connectivity index (χ1v) is 6.47. The van der Waals surface area contributed by atoms with E-state index in [0.29, 0.717) is 6.54 Å². The van der Waals surface area contributed by atoms with Crippen LogP contribution in [0.25, 0.3) is 0 Å². The van der Waals surface area contributed by atoms with Crippen molar-refractivity contribution in [2.24, 2.45) is 12.8 Å². The first kappa shape index (κ1) is 12.2. The van der Waals surface area contributed by atoms with Crippen molar-refractivity contribution < 1.29 is 0 Å². The average molecular weight is 247 g/mol. The molecule has 17 heavy (non-hydrogen) atoms. The predicted molar refractivity (Wildman–Crippen MR) is 71.3 cm³/mol. The Hall–Kier alpha value is -1.26. The van der Waals surface area contributed by atoms with Crippen LogP contribution in [0.2, 0.25) is 0 Å². The molecule has 0 aliphatic rings. The molecule has 4 heteroatoms. The average Bonchev–Trinajstić information content (AvgIpc) is 2.69. The fourth-order valence-corrected chi connectivity index (χ4v) is 2.62. The standard InChI is InChI=1S/C13H17N3S/c1-10-9-12(4-3-11(10)5-6-14)17-13-15-7-8-16(13)2/h3-4,7-9H,5-6,14H2,1-2H3. The predicted octanol–water partition coefficient (Wildman–Crippen LogP) is 2.38. The van der Waals surface area contributed by atoms with E-state index in [2.05, 4.69) is 30.1 Å². The van der Waals surface area contributed by atoms with Crippen LogP contribution in [0, 0.1) is 6.92 Å². The summed E-state index contributed by atoms with van der Waals surface area (Å²) in [5.41, 5.74) is 8.21. The maximum Gasteiger partial charge on any atom is 0.172 e. The smallest absolute Gasteiger partial charge is 0.172 e. The molecule has 0 saturated heterocycles. The third-order valence-electron chi connectivity index (χ3n) is 2.71. The van der Waals surface area contributed by atoms with Gasteiger partial charge >= 0.3 is 0 Å². The lowest BCUT2D eigenvalue weighted by Gasteiger charge is -2.07. The first-order valence-electron chi connectivity index (χ1n) is 5.65. The highest BCUT2D eigenvalue weighted by molar-refractivity contribution is 7.99. The van der Waals surface area contributed by atoms with E-state index in [-0.39, 0.29) is 0 Å². The molecule has 0 unspecified atom stereocenters. The fraction of sp³-hybridized carbons (Fsp3) is 0.308. The van der Waals surface area contributed by atoms with Crippen molar-refractivity contribution in [1.82, 2.24) is 9.55 Å². The summed E-state index contributed by atoms with van der Waals surface area (Å²) < 4.78 is 2.02. The highest BCUT2D eigenvalue weighted by atomic mass is 32.2. The minimum Gasteiger partial charge on any atom is -0.330 e. The Labute approximate surface area is 106 Å². The lowest BCUT2D eigenvalue weighted by molar-refractivity contribution is 0.790.